The Hall–Kier alpha value is -2.06. The molecule has 0 aliphatic carbocycles. The van der Waals surface area contributed by atoms with E-state index in [1.807, 2.05) is 11.3 Å². The van der Waals surface area contributed by atoms with E-state index in [9.17, 15) is 0 Å². The molecule has 0 saturated heterocycles. The highest BCUT2D eigenvalue weighted by Gasteiger charge is 2.08. The van der Waals surface area contributed by atoms with Crippen LogP contribution < -0.4 is 4.90 Å². The number of para-hydroxylation sites is 2. The second-order valence-corrected chi connectivity index (χ2v) is 5.68. The molecule has 100 valence electrons. The molecule has 1 aromatic heterocycles. The smallest absolute Gasteiger partial charge is 0.0410 e. The Morgan fingerprint density at radius 2 is 1.30 bits per heavy atom. The van der Waals surface area contributed by atoms with Crippen molar-refractivity contribution in [2.24, 2.45) is 0 Å². The van der Waals surface area contributed by atoms with E-state index < -0.39 is 0 Å². The van der Waals surface area contributed by atoms with E-state index in [1.165, 1.54) is 16.3 Å². The Bertz CT molecular complexity index is 578. The number of anilines is 2. The molecule has 0 bridgehead atoms. The van der Waals surface area contributed by atoms with Gasteiger partial charge < -0.3 is 4.90 Å². The minimum atomic E-state index is 0.995. The van der Waals surface area contributed by atoms with Crippen molar-refractivity contribution in [1.29, 1.82) is 0 Å². The number of rotatable bonds is 5. The maximum Gasteiger partial charge on any atom is 0.0410 e. The van der Waals surface area contributed by atoms with E-state index in [4.69, 9.17) is 0 Å². The van der Waals surface area contributed by atoms with E-state index in [1.54, 1.807) is 0 Å². The monoisotopic (exact) mass is 279 g/mol. The largest absolute Gasteiger partial charge is 0.341 e. The van der Waals surface area contributed by atoms with E-state index in [-0.39, 0.29) is 0 Å². The lowest BCUT2D eigenvalue weighted by molar-refractivity contribution is 0.927. The zero-order valence-electron chi connectivity index (χ0n) is 11.3. The lowest BCUT2D eigenvalue weighted by atomic mass is 10.2. The summed E-state index contributed by atoms with van der Waals surface area (Å²) in [5.41, 5.74) is 2.49. The van der Waals surface area contributed by atoms with Crippen LogP contribution in [0.3, 0.4) is 0 Å². The quantitative estimate of drug-likeness (QED) is 0.626. The van der Waals surface area contributed by atoms with Gasteiger partial charge >= 0.3 is 0 Å². The molecule has 0 spiro atoms. The maximum absolute atomic E-state index is 2.37. The van der Waals surface area contributed by atoms with Crippen molar-refractivity contribution in [3.63, 3.8) is 0 Å². The molecule has 0 aliphatic rings. The molecule has 3 rings (SSSR count). The molecule has 1 heterocycles. The third-order valence-corrected chi connectivity index (χ3v) is 4.23. The van der Waals surface area contributed by atoms with Gasteiger partial charge in [0, 0.05) is 22.8 Å². The zero-order chi connectivity index (χ0) is 13.6. The fraction of sp³-hybridized carbons (Fsp3) is 0.111. The van der Waals surface area contributed by atoms with Crippen LogP contribution >= 0.6 is 11.3 Å². The number of thiophene rings is 1. The summed E-state index contributed by atoms with van der Waals surface area (Å²) in [5, 5.41) is 2.14. The zero-order valence-corrected chi connectivity index (χ0v) is 12.1. The Balaban J connectivity index is 1.84. The predicted octanol–water partition coefficient (Wildman–Crippen LogP) is 5.13. The first kappa shape index (κ1) is 12.9. The summed E-state index contributed by atoms with van der Waals surface area (Å²) in [6.45, 7) is 0.995. The van der Waals surface area contributed by atoms with Gasteiger partial charge in [0.2, 0.25) is 0 Å². The van der Waals surface area contributed by atoms with Gasteiger partial charge in [0.25, 0.3) is 0 Å². The second kappa shape index (κ2) is 6.40. The third kappa shape index (κ3) is 3.09. The predicted molar refractivity (Wildman–Crippen MR) is 87.9 cm³/mol. The molecule has 2 heteroatoms. The van der Waals surface area contributed by atoms with E-state index in [2.05, 4.69) is 83.1 Å². The summed E-state index contributed by atoms with van der Waals surface area (Å²) in [5.74, 6) is 0. The first-order chi connectivity index (χ1) is 9.93. The van der Waals surface area contributed by atoms with Gasteiger partial charge in [-0.15, -0.1) is 11.3 Å². The summed E-state index contributed by atoms with van der Waals surface area (Å²) < 4.78 is 0. The molecule has 20 heavy (non-hydrogen) atoms. The summed E-state index contributed by atoms with van der Waals surface area (Å²) in [7, 11) is 0. The first-order valence-electron chi connectivity index (χ1n) is 6.83. The van der Waals surface area contributed by atoms with Crippen molar-refractivity contribution >= 4 is 22.7 Å². The van der Waals surface area contributed by atoms with Crippen LogP contribution in [0.4, 0.5) is 11.4 Å². The van der Waals surface area contributed by atoms with Crippen LogP contribution in [0.15, 0.2) is 78.2 Å². The summed E-state index contributed by atoms with van der Waals surface area (Å²) in [4.78, 5) is 3.81. The second-order valence-electron chi connectivity index (χ2n) is 4.65. The van der Waals surface area contributed by atoms with E-state index >= 15 is 0 Å². The van der Waals surface area contributed by atoms with Crippen molar-refractivity contribution in [2.75, 3.05) is 11.4 Å². The molecule has 3 aromatic rings. The number of hydrogen-bond acceptors (Lipinski definition) is 2. The number of nitrogens with zero attached hydrogens (tertiary/aromatic N) is 1. The van der Waals surface area contributed by atoms with Crippen molar-refractivity contribution in [2.45, 2.75) is 6.42 Å². The average molecular weight is 279 g/mol. The van der Waals surface area contributed by atoms with Gasteiger partial charge in [0.15, 0.2) is 0 Å². The lowest BCUT2D eigenvalue weighted by Crippen LogP contribution is -2.19. The molecule has 0 atom stereocenters. The van der Waals surface area contributed by atoms with Gasteiger partial charge in [-0.25, -0.2) is 0 Å². The van der Waals surface area contributed by atoms with Crippen LogP contribution in [0.5, 0.6) is 0 Å². The van der Waals surface area contributed by atoms with Crippen LogP contribution in [0.25, 0.3) is 0 Å². The highest BCUT2D eigenvalue weighted by atomic mass is 32.1. The minimum Gasteiger partial charge on any atom is -0.341 e. The van der Waals surface area contributed by atoms with Crippen LogP contribution in [0, 0.1) is 0 Å². The normalized spacial score (nSPS) is 10.4. The van der Waals surface area contributed by atoms with E-state index in [0.29, 0.717) is 0 Å². The Morgan fingerprint density at radius 1 is 0.700 bits per heavy atom. The van der Waals surface area contributed by atoms with E-state index in [0.717, 1.165) is 13.0 Å². The van der Waals surface area contributed by atoms with Gasteiger partial charge in [-0.1, -0.05) is 42.5 Å². The Morgan fingerprint density at radius 3 is 1.80 bits per heavy atom. The topological polar surface area (TPSA) is 3.24 Å². The molecule has 1 nitrogen and oxygen atoms in total. The molecule has 0 fully saturated rings. The van der Waals surface area contributed by atoms with Crippen LogP contribution in [0.1, 0.15) is 4.88 Å². The fourth-order valence-corrected chi connectivity index (χ4v) is 3.00. The molecule has 0 aliphatic heterocycles. The first-order valence-corrected chi connectivity index (χ1v) is 7.71. The average Bonchev–Trinajstić information content (AvgIpc) is 3.03. The van der Waals surface area contributed by atoms with Crippen LogP contribution in [0.2, 0.25) is 0 Å². The summed E-state index contributed by atoms with van der Waals surface area (Å²) in [6, 6.07) is 25.5. The van der Waals surface area contributed by atoms with Crippen LogP contribution in [-0.4, -0.2) is 6.54 Å². The van der Waals surface area contributed by atoms with Gasteiger partial charge in [-0.05, 0) is 42.1 Å². The van der Waals surface area contributed by atoms with Gasteiger partial charge in [0.05, 0.1) is 0 Å². The standard InChI is InChI=1S/C18H17NS/c1-3-8-16(9-4-1)19(17-10-5-2-6-11-17)14-13-18-12-7-15-20-18/h1-12,15H,13-14H2. The molecule has 0 saturated carbocycles. The molecule has 0 amide bonds. The van der Waals surface area contributed by atoms with Crippen molar-refractivity contribution in [3.05, 3.63) is 83.1 Å². The highest BCUT2D eigenvalue weighted by Crippen LogP contribution is 2.25. The molecular weight excluding hydrogens is 262 g/mol. The van der Waals surface area contributed by atoms with Gasteiger partial charge in [-0.2, -0.15) is 0 Å². The Labute approximate surface area is 124 Å². The SMILES string of the molecule is c1ccc(N(CCc2cccs2)c2ccccc2)cc1. The Kier molecular flexibility index (Phi) is 4.14. The summed E-state index contributed by atoms with van der Waals surface area (Å²) in [6.07, 6.45) is 1.07. The molecular formula is C18H17NS. The highest BCUT2D eigenvalue weighted by molar-refractivity contribution is 7.09. The maximum atomic E-state index is 2.37. The molecule has 0 unspecified atom stereocenters. The number of benzene rings is 2. The fourth-order valence-electron chi connectivity index (χ4n) is 2.30. The van der Waals surface area contributed by atoms with Crippen molar-refractivity contribution < 1.29 is 0 Å². The van der Waals surface area contributed by atoms with Gasteiger partial charge in [0.1, 0.15) is 0 Å². The summed E-state index contributed by atoms with van der Waals surface area (Å²) >= 11 is 1.83. The number of hydrogen-bond donors (Lipinski definition) is 0. The minimum absolute atomic E-state index is 0.995. The van der Waals surface area contributed by atoms with Crippen molar-refractivity contribution in [1.82, 2.24) is 0 Å². The molecule has 2 aromatic carbocycles. The lowest BCUT2D eigenvalue weighted by Gasteiger charge is -2.24. The molecule has 0 radical (unpaired) electrons. The molecule has 0 N–H and O–H groups in total. The van der Waals surface area contributed by atoms with Gasteiger partial charge in [-0.3, -0.25) is 0 Å². The van der Waals surface area contributed by atoms with Crippen molar-refractivity contribution in [3.8, 4) is 0 Å². The third-order valence-electron chi connectivity index (χ3n) is 3.30. The van der Waals surface area contributed by atoms with Crippen LogP contribution in [-0.2, 0) is 6.42 Å².